The van der Waals surface area contributed by atoms with Crippen molar-refractivity contribution in [2.75, 3.05) is 0 Å². The largest absolute Gasteiger partial charge is 0.384 e. The smallest absolute Gasteiger partial charge is 0.338 e. The van der Waals surface area contributed by atoms with E-state index < -0.39 is 10.1 Å². The van der Waals surface area contributed by atoms with Gasteiger partial charge in [0.25, 0.3) is 0 Å². The van der Waals surface area contributed by atoms with Gasteiger partial charge < -0.3 is 4.18 Å². The number of rotatable bonds is 3. The molecular formula is C19H28O3S. The van der Waals surface area contributed by atoms with Gasteiger partial charge in [-0.3, -0.25) is 0 Å². The first-order valence-corrected chi connectivity index (χ1v) is 10.2. The SMILES string of the molecule is Cc1ccc(S(=O)(=O)O/C2=C/CCCCCCCCCC2)cc1. The van der Waals surface area contributed by atoms with Crippen molar-refractivity contribution in [2.45, 2.75) is 76.0 Å². The van der Waals surface area contributed by atoms with Crippen molar-refractivity contribution >= 4 is 10.1 Å². The highest BCUT2D eigenvalue weighted by atomic mass is 32.2. The summed E-state index contributed by atoms with van der Waals surface area (Å²) in [5, 5.41) is 0. The topological polar surface area (TPSA) is 43.4 Å². The molecule has 0 aliphatic heterocycles. The van der Waals surface area contributed by atoms with Crippen LogP contribution in [0.2, 0.25) is 0 Å². The first-order valence-electron chi connectivity index (χ1n) is 8.78. The van der Waals surface area contributed by atoms with Crippen LogP contribution in [-0.2, 0) is 14.3 Å². The number of aryl methyl sites for hydroxylation is 1. The maximum atomic E-state index is 12.4. The Morgan fingerprint density at radius 1 is 0.826 bits per heavy atom. The van der Waals surface area contributed by atoms with Gasteiger partial charge in [-0.15, -0.1) is 0 Å². The molecule has 2 rings (SSSR count). The lowest BCUT2D eigenvalue weighted by Gasteiger charge is -2.12. The molecule has 0 unspecified atom stereocenters. The zero-order valence-electron chi connectivity index (χ0n) is 14.1. The summed E-state index contributed by atoms with van der Waals surface area (Å²) in [4.78, 5) is 0.232. The van der Waals surface area contributed by atoms with E-state index in [4.69, 9.17) is 4.18 Å². The third-order valence-electron chi connectivity index (χ3n) is 4.28. The fourth-order valence-electron chi connectivity index (χ4n) is 2.84. The Hall–Kier alpha value is -1.29. The molecule has 1 aliphatic rings. The zero-order chi connectivity index (χ0) is 16.5. The van der Waals surface area contributed by atoms with Crippen LogP contribution in [0, 0.1) is 6.92 Å². The third-order valence-corrected chi connectivity index (χ3v) is 5.56. The Labute approximate surface area is 140 Å². The van der Waals surface area contributed by atoms with Crippen LogP contribution in [0.1, 0.15) is 69.8 Å². The molecule has 1 aromatic rings. The van der Waals surface area contributed by atoms with Gasteiger partial charge in [0.2, 0.25) is 0 Å². The zero-order valence-corrected chi connectivity index (χ0v) is 14.9. The third kappa shape index (κ3) is 6.38. The molecule has 1 aromatic carbocycles. The molecule has 0 amide bonds. The van der Waals surface area contributed by atoms with Crippen LogP contribution in [0.5, 0.6) is 0 Å². The molecule has 0 radical (unpaired) electrons. The van der Waals surface area contributed by atoms with Gasteiger partial charge in [0.05, 0.1) is 0 Å². The minimum atomic E-state index is -3.71. The van der Waals surface area contributed by atoms with Crippen LogP contribution in [0.3, 0.4) is 0 Å². The molecule has 0 N–H and O–H groups in total. The average molecular weight is 336 g/mol. The monoisotopic (exact) mass is 336 g/mol. The number of hydrogen-bond donors (Lipinski definition) is 0. The van der Waals surface area contributed by atoms with Gasteiger partial charge in [0.15, 0.2) is 0 Å². The molecule has 0 heterocycles. The molecule has 0 aromatic heterocycles. The lowest BCUT2D eigenvalue weighted by atomic mass is 10.0. The maximum absolute atomic E-state index is 12.4. The highest BCUT2D eigenvalue weighted by molar-refractivity contribution is 7.86. The minimum absolute atomic E-state index is 0.232. The number of allylic oxidation sites excluding steroid dienone is 2. The van der Waals surface area contributed by atoms with E-state index in [0.29, 0.717) is 12.2 Å². The summed E-state index contributed by atoms with van der Waals surface area (Å²) in [7, 11) is -3.71. The lowest BCUT2D eigenvalue weighted by Crippen LogP contribution is -2.07. The van der Waals surface area contributed by atoms with Crippen LogP contribution in [0.4, 0.5) is 0 Å². The molecule has 0 spiro atoms. The maximum Gasteiger partial charge on any atom is 0.338 e. The Morgan fingerprint density at radius 3 is 2.04 bits per heavy atom. The molecule has 0 fully saturated rings. The number of benzene rings is 1. The fourth-order valence-corrected chi connectivity index (χ4v) is 3.84. The van der Waals surface area contributed by atoms with Crippen molar-refractivity contribution in [3.63, 3.8) is 0 Å². The minimum Gasteiger partial charge on any atom is -0.384 e. The summed E-state index contributed by atoms with van der Waals surface area (Å²) < 4.78 is 30.3. The van der Waals surface area contributed by atoms with Crippen molar-refractivity contribution in [3.8, 4) is 0 Å². The van der Waals surface area contributed by atoms with Crippen LogP contribution < -0.4 is 0 Å². The summed E-state index contributed by atoms with van der Waals surface area (Å²) >= 11 is 0. The van der Waals surface area contributed by atoms with Crippen molar-refractivity contribution < 1.29 is 12.6 Å². The van der Waals surface area contributed by atoms with Crippen molar-refractivity contribution in [1.82, 2.24) is 0 Å². The lowest BCUT2D eigenvalue weighted by molar-refractivity contribution is 0.380. The fraction of sp³-hybridized carbons (Fsp3) is 0.579. The Morgan fingerprint density at radius 2 is 1.39 bits per heavy atom. The van der Waals surface area contributed by atoms with E-state index in [1.807, 2.05) is 13.0 Å². The van der Waals surface area contributed by atoms with Crippen molar-refractivity contribution in [1.29, 1.82) is 0 Å². The molecular weight excluding hydrogens is 308 g/mol. The Kier molecular flexibility index (Phi) is 7.15. The van der Waals surface area contributed by atoms with Gasteiger partial charge in [0.1, 0.15) is 10.7 Å². The predicted octanol–water partition coefficient (Wildman–Crippen LogP) is 5.50. The molecule has 1 aliphatic carbocycles. The van der Waals surface area contributed by atoms with Crippen LogP contribution >= 0.6 is 0 Å². The second kappa shape index (κ2) is 9.11. The standard InChI is InChI=1S/C19H28O3S/c1-17-13-15-19(16-14-17)23(20,21)22-18-11-9-7-5-3-2-4-6-8-10-12-18/h11,13-16H,2-10,12H2,1H3/b18-11+. The summed E-state index contributed by atoms with van der Waals surface area (Å²) in [6, 6.07) is 6.82. The van der Waals surface area contributed by atoms with E-state index in [9.17, 15) is 8.42 Å². The van der Waals surface area contributed by atoms with Gasteiger partial charge in [-0.05, 0) is 44.4 Å². The second-order valence-electron chi connectivity index (χ2n) is 6.39. The molecule has 0 saturated carbocycles. The molecule has 4 heteroatoms. The molecule has 0 saturated heterocycles. The van der Waals surface area contributed by atoms with Crippen LogP contribution in [0.15, 0.2) is 41.0 Å². The van der Waals surface area contributed by atoms with E-state index in [1.54, 1.807) is 24.3 Å². The Bertz CT molecular complexity index is 600. The van der Waals surface area contributed by atoms with E-state index in [0.717, 1.165) is 31.2 Å². The van der Waals surface area contributed by atoms with Crippen LogP contribution in [-0.4, -0.2) is 8.42 Å². The van der Waals surface area contributed by atoms with Crippen molar-refractivity contribution in [2.24, 2.45) is 0 Å². The molecule has 23 heavy (non-hydrogen) atoms. The first kappa shape index (κ1) is 18.1. The second-order valence-corrected chi connectivity index (χ2v) is 7.93. The summed E-state index contributed by atoms with van der Waals surface area (Å²) in [6.07, 6.45) is 13.2. The molecule has 0 bridgehead atoms. The molecule has 0 atom stereocenters. The summed E-state index contributed by atoms with van der Waals surface area (Å²) in [5.41, 5.74) is 1.04. The van der Waals surface area contributed by atoms with Crippen LogP contribution in [0.25, 0.3) is 0 Å². The predicted molar refractivity (Wildman–Crippen MR) is 93.7 cm³/mol. The van der Waals surface area contributed by atoms with Gasteiger partial charge in [-0.25, -0.2) is 0 Å². The van der Waals surface area contributed by atoms with E-state index in [-0.39, 0.29) is 4.90 Å². The Balaban J connectivity index is 2.05. The average Bonchev–Trinajstić information content (AvgIpc) is 2.50. The highest BCUT2D eigenvalue weighted by Gasteiger charge is 2.17. The van der Waals surface area contributed by atoms with Gasteiger partial charge in [-0.1, -0.05) is 56.2 Å². The van der Waals surface area contributed by atoms with Crippen molar-refractivity contribution in [3.05, 3.63) is 41.7 Å². The normalized spacial score (nSPS) is 20.7. The van der Waals surface area contributed by atoms with Gasteiger partial charge >= 0.3 is 10.1 Å². The quantitative estimate of drug-likeness (QED) is 0.685. The highest BCUT2D eigenvalue weighted by Crippen LogP contribution is 2.22. The van der Waals surface area contributed by atoms with E-state index >= 15 is 0 Å². The molecule has 128 valence electrons. The number of hydrogen-bond acceptors (Lipinski definition) is 3. The van der Waals surface area contributed by atoms with Gasteiger partial charge in [-0.2, -0.15) is 8.42 Å². The van der Waals surface area contributed by atoms with E-state index in [1.165, 1.54) is 32.1 Å². The first-order chi connectivity index (χ1) is 11.1. The van der Waals surface area contributed by atoms with Gasteiger partial charge in [0, 0.05) is 6.42 Å². The summed E-state index contributed by atoms with van der Waals surface area (Å²) in [6.45, 7) is 1.94. The molecule has 3 nitrogen and oxygen atoms in total. The summed E-state index contributed by atoms with van der Waals surface area (Å²) in [5.74, 6) is 0.617. The van der Waals surface area contributed by atoms with E-state index in [2.05, 4.69) is 0 Å².